The number of hydrogen-bond acceptors (Lipinski definition) is 10. The Morgan fingerprint density at radius 3 is 1.03 bits per heavy atom. The lowest BCUT2D eigenvalue weighted by Gasteiger charge is -2.23. The molecule has 0 unspecified atom stereocenters. The molecule has 132 heavy (non-hydrogen) atoms. The van der Waals surface area contributed by atoms with Crippen LogP contribution in [0.1, 0.15) is 74.9 Å². The topological polar surface area (TPSA) is 129 Å². The Kier molecular flexibility index (Phi) is 18.7. The van der Waals surface area contributed by atoms with Crippen LogP contribution in [0.5, 0.6) is 0 Å². The molecule has 0 N–H and O–H groups in total. The van der Waals surface area contributed by atoms with Crippen molar-refractivity contribution in [1.82, 2.24) is 44.9 Å². The summed E-state index contributed by atoms with van der Waals surface area (Å²) >= 11 is 0. The first-order chi connectivity index (χ1) is 64.7. The van der Waals surface area contributed by atoms with Gasteiger partial charge in [-0.2, -0.15) is 0 Å². The average Bonchev–Trinajstić information content (AvgIpc) is 1.53. The molecule has 10 heteroatoms. The first kappa shape index (κ1) is 78.8. The zero-order valence-corrected chi connectivity index (χ0v) is 73.6. The lowest BCUT2D eigenvalue weighted by molar-refractivity contribution is 0.661. The Morgan fingerprint density at radius 2 is 0.500 bits per heavy atom. The predicted molar refractivity (Wildman–Crippen MR) is 541 cm³/mol. The summed E-state index contributed by atoms with van der Waals surface area (Å²) in [5.74, 6) is 5.91. The zero-order valence-electron chi connectivity index (χ0n) is 73.6. The number of benzene rings is 19. The SMILES string of the molecule is CC1(C)c2ccccc2-c2c1cc(-c1cccc(-c3nc(-c4ccccc4)nc(-c4ccccc4)n3)c1)c1ccccc21.CC1(C)c2ccccc2-c2c1cc(-c1nc(-c3ccccc3)nc(-c3ccc4c(c3)oc3ccccc34)n1)c1ccccc21.CC1(C)c2ccccc2-c2ccc3c(-c4nc(-c5ccc6ccccc6c5)nc(-c5ccc6ccccc6c5)n4)cccc3c21. The van der Waals surface area contributed by atoms with E-state index in [1.807, 2.05) is 115 Å². The van der Waals surface area contributed by atoms with Crippen molar-refractivity contribution in [3.63, 3.8) is 0 Å². The molecule has 0 atom stereocenters. The van der Waals surface area contributed by atoms with Crippen LogP contribution >= 0.6 is 0 Å². The van der Waals surface area contributed by atoms with Gasteiger partial charge in [0.05, 0.1) is 0 Å². The summed E-state index contributed by atoms with van der Waals surface area (Å²) in [4.78, 5) is 45.6. The number of hydrogen-bond donors (Lipinski definition) is 0. The van der Waals surface area contributed by atoms with E-state index in [0.29, 0.717) is 52.4 Å². The highest BCUT2D eigenvalue weighted by atomic mass is 16.3. The quantitative estimate of drug-likeness (QED) is 0.130. The maximum atomic E-state index is 6.23. The molecule has 19 aromatic carbocycles. The fourth-order valence-corrected chi connectivity index (χ4v) is 20.8. The minimum absolute atomic E-state index is 0.0916. The van der Waals surface area contributed by atoms with Gasteiger partial charge in [0.25, 0.3) is 0 Å². The predicted octanol–water partition coefficient (Wildman–Crippen LogP) is 30.9. The number of fused-ring (bicyclic) bond motifs is 20. The molecule has 4 heterocycles. The highest BCUT2D eigenvalue weighted by molar-refractivity contribution is 6.12. The summed E-state index contributed by atoms with van der Waals surface area (Å²) < 4.78 is 6.23. The summed E-state index contributed by atoms with van der Waals surface area (Å²) in [7, 11) is 0. The monoisotopic (exact) mass is 1690 g/mol. The normalized spacial score (nSPS) is 13.3. The van der Waals surface area contributed by atoms with Gasteiger partial charge in [0.2, 0.25) is 0 Å². The number of aromatic nitrogens is 9. The van der Waals surface area contributed by atoms with Gasteiger partial charge in [-0.25, -0.2) is 44.9 Å². The number of para-hydroxylation sites is 1. The lowest BCUT2D eigenvalue weighted by Crippen LogP contribution is -2.15. The smallest absolute Gasteiger partial charge is 0.164 e. The van der Waals surface area contributed by atoms with Gasteiger partial charge in [0.1, 0.15) is 11.2 Å². The van der Waals surface area contributed by atoms with Crippen LogP contribution < -0.4 is 0 Å². The summed E-state index contributed by atoms with van der Waals surface area (Å²) in [6.45, 7) is 14.0. The fourth-order valence-electron chi connectivity index (χ4n) is 20.8. The Morgan fingerprint density at radius 1 is 0.167 bits per heavy atom. The molecule has 0 spiro atoms. The van der Waals surface area contributed by atoms with Gasteiger partial charge in [-0.1, -0.05) is 399 Å². The zero-order chi connectivity index (χ0) is 88.5. The van der Waals surface area contributed by atoms with Gasteiger partial charge in [-0.15, -0.1) is 0 Å². The van der Waals surface area contributed by atoms with Crippen LogP contribution in [0.4, 0.5) is 0 Å². The molecule has 0 aliphatic heterocycles. The first-order valence-corrected chi connectivity index (χ1v) is 45.1. The molecule has 23 aromatic rings. The van der Waals surface area contributed by atoms with Gasteiger partial charge >= 0.3 is 0 Å². The molecular formula is C122H85N9O. The molecule has 0 saturated heterocycles. The lowest BCUT2D eigenvalue weighted by atomic mass is 9.80. The van der Waals surface area contributed by atoms with Crippen molar-refractivity contribution in [3.8, 4) is 147 Å². The van der Waals surface area contributed by atoms with Crippen LogP contribution in [0, 0.1) is 0 Å². The van der Waals surface area contributed by atoms with Crippen LogP contribution in [0.25, 0.3) is 223 Å². The van der Waals surface area contributed by atoms with Crippen molar-refractivity contribution in [2.24, 2.45) is 0 Å². The van der Waals surface area contributed by atoms with Crippen LogP contribution in [-0.4, -0.2) is 44.9 Å². The van der Waals surface area contributed by atoms with Gasteiger partial charge in [0.15, 0.2) is 52.4 Å². The number of rotatable bonds is 10. The third kappa shape index (κ3) is 13.3. The van der Waals surface area contributed by atoms with Crippen molar-refractivity contribution >= 4 is 75.8 Å². The highest BCUT2D eigenvalue weighted by Gasteiger charge is 2.41. The third-order valence-corrected chi connectivity index (χ3v) is 27.3. The van der Waals surface area contributed by atoms with Gasteiger partial charge in [-0.05, 0) is 180 Å². The standard InChI is InChI=1S/C42H29N3.C40H27N3O.C40H29N3/c1-42(2)37-17-8-7-14-33(37)35-23-22-32-34(38(35)42)15-9-16-36(32)41-44-39(30-20-18-26-10-3-5-12-28(26)24-30)43-40(45-41)31-21-19-27-11-4-6-13-29(27)25-31;1-40(2)32-18-10-8-17-30(32)36-29-16-7-6-14-26(29)31(23-33(36)40)39-42-37(24-12-4-3-5-13-24)41-38(43-39)25-20-21-28-27-15-9-11-19-34(27)44-35(28)22-25;1-40(2)34-23-12-11-22-32(34)36-31-21-10-9-20-30(31)33(25-35(36)40)28-18-13-19-29(24-28)39-42-37(26-14-5-3-6-15-26)41-38(43-39)27-16-7-4-8-17-27/h3-25H,1-2H3;3-23H,1-2H3;3-25H,1-2H3. The maximum Gasteiger partial charge on any atom is 0.164 e. The molecule has 3 aliphatic carbocycles. The molecule has 26 rings (SSSR count). The molecule has 3 aliphatic rings. The number of furan rings is 1. The van der Waals surface area contributed by atoms with Crippen molar-refractivity contribution in [2.75, 3.05) is 0 Å². The molecule has 10 nitrogen and oxygen atoms in total. The summed E-state index contributed by atoms with van der Waals surface area (Å²) in [5.41, 5.74) is 28.4. The van der Waals surface area contributed by atoms with E-state index in [-0.39, 0.29) is 16.2 Å². The molecule has 0 bridgehead atoms. The molecule has 0 amide bonds. The largest absolute Gasteiger partial charge is 0.456 e. The van der Waals surface area contributed by atoms with E-state index in [4.69, 9.17) is 49.3 Å². The van der Waals surface area contributed by atoms with Crippen molar-refractivity contribution in [1.29, 1.82) is 0 Å². The molecule has 0 radical (unpaired) electrons. The van der Waals surface area contributed by atoms with Crippen LogP contribution in [0.3, 0.4) is 0 Å². The van der Waals surface area contributed by atoms with E-state index < -0.39 is 0 Å². The Hall–Kier alpha value is -16.7. The Labute approximate surface area is 764 Å². The molecule has 624 valence electrons. The molecule has 0 fully saturated rings. The second-order valence-corrected chi connectivity index (χ2v) is 36.2. The van der Waals surface area contributed by atoms with E-state index in [0.717, 1.165) is 99.1 Å². The molecule has 0 saturated carbocycles. The fraction of sp³-hybridized carbons (Fsp3) is 0.0738. The first-order valence-electron chi connectivity index (χ1n) is 45.1. The van der Waals surface area contributed by atoms with Crippen LogP contribution in [0.15, 0.2) is 411 Å². The van der Waals surface area contributed by atoms with Gasteiger partial charge in [-0.3, -0.25) is 0 Å². The highest BCUT2D eigenvalue weighted by Crippen LogP contribution is 2.57. The van der Waals surface area contributed by atoms with E-state index in [2.05, 4.69) is 333 Å². The van der Waals surface area contributed by atoms with Crippen molar-refractivity contribution in [2.45, 2.75) is 57.8 Å². The van der Waals surface area contributed by atoms with Crippen LogP contribution in [0.2, 0.25) is 0 Å². The third-order valence-electron chi connectivity index (χ3n) is 27.3. The average molecular weight is 1690 g/mol. The summed E-state index contributed by atoms with van der Waals surface area (Å²) in [6, 6.07) is 143. The second-order valence-electron chi connectivity index (χ2n) is 36.2. The van der Waals surface area contributed by atoms with Gasteiger partial charge in [0, 0.05) is 77.1 Å². The van der Waals surface area contributed by atoms with Crippen LogP contribution in [-0.2, 0) is 16.2 Å². The van der Waals surface area contributed by atoms with E-state index in [1.165, 1.54) is 105 Å². The molecule has 4 aromatic heterocycles. The second kappa shape index (κ2) is 31.4. The van der Waals surface area contributed by atoms with E-state index in [1.54, 1.807) is 0 Å². The maximum absolute atomic E-state index is 6.23. The number of nitrogens with zero attached hydrogens (tertiary/aromatic N) is 9. The summed E-state index contributed by atoms with van der Waals surface area (Å²) in [5, 5.41) is 14.1. The Bertz CT molecular complexity index is 8480. The van der Waals surface area contributed by atoms with Crippen molar-refractivity contribution < 1.29 is 4.42 Å². The minimum Gasteiger partial charge on any atom is -0.456 e. The van der Waals surface area contributed by atoms with E-state index in [9.17, 15) is 0 Å². The minimum atomic E-state index is -0.158. The Balaban J connectivity index is 0.000000109. The van der Waals surface area contributed by atoms with E-state index >= 15 is 0 Å². The molecular weight excluding hydrogens is 1610 g/mol. The summed E-state index contributed by atoms with van der Waals surface area (Å²) in [6.07, 6.45) is 0. The van der Waals surface area contributed by atoms with Crippen molar-refractivity contribution in [3.05, 3.63) is 440 Å². The van der Waals surface area contributed by atoms with Gasteiger partial charge < -0.3 is 4.42 Å².